The van der Waals surface area contributed by atoms with Crippen LogP contribution < -0.4 is 0 Å². The van der Waals surface area contributed by atoms with Crippen molar-refractivity contribution in [2.75, 3.05) is 7.11 Å². The van der Waals surface area contributed by atoms with Gasteiger partial charge in [0.05, 0.1) is 5.60 Å². The molecule has 1 aliphatic carbocycles. The fourth-order valence-electron chi connectivity index (χ4n) is 2.42. The second-order valence-corrected chi connectivity index (χ2v) is 4.58. The minimum absolute atomic E-state index is 0.0885. The van der Waals surface area contributed by atoms with Gasteiger partial charge in [0.1, 0.15) is 11.5 Å². The van der Waals surface area contributed by atoms with E-state index in [1.54, 1.807) is 19.2 Å². The molecule has 1 aliphatic rings. The zero-order valence-electron chi connectivity index (χ0n) is 9.56. The van der Waals surface area contributed by atoms with Gasteiger partial charge in [0.15, 0.2) is 0 Å². The van der Waals surface area contributed by atoms with E-state index in [2.05, 4.69) is 0 Å². The second kappa shape index (κ2) is 3.91. The van der Waals surface area contributed by atoms with E-state index in [4.69, 9.17) is 4.74 Å². The largest absolute Gasteiger partial charge is 0.508 e. The van der Waals surface area contributed by atoms with E-state index < -0.39 is 5.60 Å². The highest BCUT2D eigenvalue weighted by atomic mass is 16.5. The number of phenolic OH excluding ortho intramolecular Hbond substituents is 1. The zero-order valence-corrected chi connectivity index (χ0v) is 9.56. The van der Waals surface area contributed by atoms with Crippen LogP contribution in [0.1, 0.15) is 31.2 Å². The van der Waals surface area contributed by atoms with Gasteiger partial charge in [-0.2, -0.15) is 0 Å². The van der Waals surface area contributed by atoms with E-state index in [1.165, 1.54) is 0 Å². The Kier molecular flexibility index (Phi) is 2.72. The summed E-state index contributed by atoms with van der Waals surface area (Å²) in [6, 6.07) is 7.01. The average molecular weight is 220 g/mol. The Morgan fingerprint density at radius 1 is 1.38 bits per heavy atom. The normalized spacial score (nSPS) is 29.6. The topological polar surface area (TPSA) is 46.5 Å². The van der Waals surface area contributed by atoms with Crippen LogP contribution in [-0.2, 0) is 9.53 Å². The highest BCUT2D eigenvalue weighted by Gasteiger charge is 2.44. The Labute approximate surface area is 95.0 Å². The molecule has 0 unspecified atom stereocenters. The minimum Gasteiger partial charge on any atom is -0.508 e. The molecule has 3 heteroatoms. The van der Waals surface area contributed by atoms with Crippen molar-refractivity contribution in [3.8, 4) is 5.75 Å². The van der Waals surface area contributed by atoms with Gasteiger partial charge in [-0.3, -0.25) is 4.79 Å². The first-order chi connectivity index (χ1) is 7.55. The van der Waals surface area contributed by atoms with Crippen molar-refractivity contribution in [2.24, 2.45) is 0 Å². The van der Waals surface area contributed by atoms with E-state index in [9.17, 15) is 9.90 Å². The van der Waals surface area contributed by atoms with Crippen LogP contribution in [0, 0.1) is 0 Å². The lowest BCUT2D eigenvalue weighted by Gasteiger charge is -2.29. The van der Waals surface area contributed by atoms with E-state index in [0.29, 0.717) is 12.8 Å². The molecule has 0 heterocycles. The van der Waals surface area contributed by atoms with Crippen LogP contribution in [0.3, 0.4) is 0 Å². The van der Waals surface area contributed by atoms with Crippen LogP contribution >= 0.6 is 0 Å². The lowest BCUT2D eigenvalue weighted by molar-refractivity contribution is -0.119. The summed E-state index contributed by atoms with van der Waals surface area (Å²) >= 11 is 0. The summed E-state index contributed by atoms with van der Waals surface area (Å²) in [5, 5.41) is 9.24. The number of Topliss-reactive ketones (excluding diaryl/α,β-unsaturated/α-hetero) is 1. The average Bonchev–Trinajstić information content (AvgIpc) is 2.56. The van der Waals surface area contributed by atoms with Crippen LogP contribution in [0.2, 0.25) is 0 Å². The maximum absolute atomic E-state index is 11.5. The van der Waals surface area contributed by atoms with Crippen LogP contribution in [0.25, 0.3) is 0 Å². The Balaban J connectivity index is 2.32. The SMILES string of the molecule is CO[C@@]1(C)CC(=O)C[C@@H]1c1ccc(O)cc1. The molecule has 0 aromatic heterocycles. The van der Waals surface area contributed by atoms with Gasteiger partial charge in [0.25, 0.3) is 0 Å². The summed E-state index contributed by atoms with van der Waals surface area (Å²) in [7, 11) is 1.64. The van der Waals surface area contributed by atoms with Crippen molar-refractivity contribution in [3.05, 3.63) is 29.8 Å². The highest BCUT2D eigenvalue weighted by molar-refractivity contribution is 5.83. The van der Waals surface area contributed by atoms with Crippen molar-refractivity contribution in [2.45, 2.75) is 31.3 Å². The van der Waals surface area contributed by atoms with Gasteiger partial charge in [-0.1, -0.05) is 12.1 Å². The van der Waals surface area contributed by atoms with Gasteiger partial charge in [-0.25, -0.2) is 0 Å². The second-order valence-electron chi connectivity index (χ2n) is 4.58. The molecule has 1 aromatic carbocycles. The third-order valence-electron chi connectivity index (χ3n) is 3.48. The molecular formula is C13H16O3. The van der Waals surface area contributed by atoms with Crippen LogP contribution in [0.4, 0.5) is 0 Å². The summed E-state index contributed by atoms with van der Waals surface area (Å²) in [6.45, 7) is 1.97. The Morgan fingerprint density at radius 2 is 2.00 bits per heavy atom. The summed E-state index contributed by atoms with van der Waals surface area (Å²) in [5.41, 5.74) is 0.640. The van der Waals surface area contributed by atoms with Crippen molar-refractivity contribution in [3.63, 3.8) is 0 Å². The molecule has 0 radical (unpaired) electrons. The number of rotatable bonds is 2. The third kappa shape index (κ3) is 1.83. The number of carbonyl (C=O) groups is 1. The smallest absolute Gasteiger partial charge is 0.136 e. The standard InChI is InChI=1S/C13H16O3/c1-13(16-2)8-11(15)7-12(13)9-3-5-10(14)6-4-9/h3-6,12,14H,7-8H2,1-2H3/t12-,13+/m1/s1. The third-order valence-corrected chi connectivity index (χ3v) is 3.48. The number of phenols is 1. The van der Waals surface area contributed by atoms with Crippen LogP contribution in [0.15, 0.2) is 24.3 Å². The maximum atomic E-state index is 11.5. The number of methoxy groups -OCH3 is 1. The first-order valence-electron chi connectivity index (χ1n) is 5.41. The van der Waals surface area contributed by atoms with Gasteiger partial charge < -0.3 is 9.84 Å². The van der Waals surface area contributed by atoms with Gasteiger partial charge in [0, 0.05) is 25.9 Å². The molecule has 3 nitrogen and oxygen atoms in total. The summed E-state index contributed by atoms with van der Waals surface area (Å²) in [6.07, 6.45) is 0.990. The summed E-state index contributed by atoms with van der Waals surface area (Å²) in [5.74, 6) is 0.570. The number of aromatic hydroxyl groups is 1. The van der Waals surface area contributed by atoms with Crippen molar-refractivity contribution in [1.82, 2.24) is 0 Å². The first kappa shape index (κ1) is 11.1. The molecule has 0 amide bonds. The number of hydrogen-bond acceptors (Lipinski definition) is 3. The molecule has 86 valence electrons. The number of ketones is 1. The fourth-order valence-corrected chi connectivity index (χ4v) is 2.42. The molecule has 1 saturated carbocycles. The predicted molar refractivity (Wildman–Crippen MR) is 60.5 cm³/mol. The molecule has 0 saturated heterocycles. The molecule has 2 atom stereocenters. The van der Waals surface area contributed by atoms with Crippen molar-refractivity contribution >= 4 is 5.78 Å². The maximum Gasteiger partial charge on any atom is 0.136 e. The number of ether oxygens (including phenoxy) is 1. The lowest BCUT2D eigenvalue weighted by Crippen LogP contribution is -2.30. The van der Waals surface area contributed by atoms with Crippen molar-refractivity contribution < 1.29 is 14.6 Å². The minimum atomic E-state index is -0.409. The van der Waals surface area contributed by atoms with E-state index in [0.717, 1.165) is 5.56 Å². The first-order valence-corrected chi connectivity index (χ1v) is 5.41. The van der Waals surface area contributed by atoms with Gasteiger partial charge >= 0.3 is 0 Å². The van der Waals surface area contributed by atoms with Crippen LogP contribution in [-0.4, -0.2) is 23.6 Å². The van der Waals surface area contributed by atoms with Gasteiger partial charge in [-0.15, -0.1) is 0 Å². The molecule has 0 spiro atoms. The molecule has 1 aromatic rings. The summed E-state index contributed by atoms with van der Waals surface area (Å²) in [4.78, 5) is 11.5. The monoisotopic (exact) mass is 220 g/mol. The van der Waals surface area contributed by atoms with Gasteiger partial charge in [0.2, 0.25) is 0 Å². The number of hydrogen-bond donors (Lipinski definition) is 1. The fraction of sp³-hybridized carbons (Fsp3) is 0.462. The van der Waals surface area contributed by atoms with E-state index in [1.807, 2.05) is 19.1 Å². The molecule has 16 heavy (non-hydrogen) atoms. The number of benzene rings is 1. The van der Waals surface area contributed by atoms with Crippen LogP contribution in [0.5, 0.6) is 5.75 Å². The van der Waals surface area contributed by atoms with Gasteiger partial charge in [-0.05, 0) is 24.6 Å². The predicted octanol–water partition coefficient (Wildman–Crippen LogP) is 2.24. The summed E-state index contributed by atoms with van der Waals surface area (Å²) < 4.78 is 5.48. The number of carbonyl (C=O) groups excluding carboxylic acids is 1. The molecule has 0 aliphatic heterocycles. The molecule has 2 rings (SSSR count). The lowest BCUT2D eigenvalue weighted by atomic mass is 9.86. The Bertz CT molecular complexity index is 396. The Morgan fingerprint density at radius 3 is 2.56 bits per heavy atom. The van der Waals surface area contributed by atoms with E-state index in [-0.39, 0.29) is 17.5 Å². The molecule has 1 N–H and O–H groups in total. The highest BCUT2D eigenvalue weighted by Crippen LogP contribution is 2.43. The molecule has 1 fully saturated rings. The quantitative estimate of drug-likeness (QED) is 0.831. The van der Waals surface area contributed by atoms with Crippen molar-refractivity contribution in [1.29, 1.82) is 0 Å². The zero-order chi connectivity index (χ0) is 11.8. The molecule has 0 bridgehead atoms. The molecular weight excluding hydrogens is 204 g/mol. The van der Waals surface area contributed by atoms with E-state index >= 15 is 0 Å². The Hall–Kier alpha value is -1.35.